The molecule has 124 valence electrons. The summed E-state index contributed by atoms with van der Waals surface area (Å²) in [7, 11) is 0. The zero-order valence-electron chi connectivity index (χ0n) is 12.9. The van der Waals surface area contributed by atoms with Crippen LogP contribution in [0.1, 0.15) is 0 Å². The molecule has 0 fully saturated rings. The molecule has 0 saturated carbocycles. The number of fused-ring (bicyclic) bond motifs is 2. The van der Waals surface area contributed by atoms with Crippen molar-refractivity contribution < 1.29 is 4.39 Å². The van der Waals surface area contributed by atoms with Crippen molar-refractivity contribution in [3.8, 4) is 22.5 Å². The van der Waals surface area contributed by atoms with E-state index in [4.69, 9.17) is 11.6 Å². The third kappa shape index (κ3) is 2.20. The normalized spacial score (nSPS) is 13.2. The molecule has 4 heterocycles. The van der Waals surface area contributed by atoms with Crippen molar-refractivity contribution in [2.75, 3.05) is 11.9 Å². The Hall–Kier alpha value is -2.93. The van der Waals surface area contributed by atoms with Crippen LogP contribution in [0.15, 0.2) is 42.9 Å². The molecule has 0 aliphatic carbocycles. The molecule has 3 aromatic heterocycles. The zero-order chi connectivity index (χ0) is 17.0. The first-order valence-corrected chi connectivity index (χ1v) is 8.18. The van der Waals surface area contributed by atoms with Gasteiger partial charge in [-0.2, -0.15) is 5.10 Å². The lowest BCUT2D eigenvalue weighted by molar-refractivity contribution is 0.631. The Morgan fingerprint density at radius 1 is 1.20 bits per heavy atom. The maximum absolute atomic E-state index is 14.5. The maximum atomic E-state index is 14.5. The summed E-state index contributed by atoms with van der Waals surface area (Å²) in [5.74, 6) is 0.368. The molecule has 1 aromatic carbocycles. The van der Waals surface area contributed by atoms with E-state index < -0.39 is 0 Å². The highest BCUT2D eigenvalue weighted by Gasteiger charge is 2.25. The molecule has 4 aromatic rings. The molecule has 1 N–H and O–H groups in total. The summed E-state index contributed by atoms with van der Waals surface area (Å²) in [6, 6.07) is 8.32. The molecule has 0 amide bonds. The van der Waals surface area contributed by atoms with Gasteiger partial charge in [0.05, 0.1) is 5.69 Å². The van der Waals surface area contributed by atoms with Crippen LogP contribution >= 0.6 is 11.6 Å². The number of hydrogen-bond acceptors (Lipinski definition) is 4. The Morgan fingerprint density at radius 3 is 3.04 bits per heavy atom. The third-order valence-corrected chi connectivity index (χ3v) is 4.55. The standard InChI is InChI=1S/C17H12ClFN6/c18-11-2-3-13(19)12(7-11)15-16(24-6-5-20-17(24)23-15)10-1-4-14-21-9-22-25(14)8-10/h1-4,7-9H,5-6H2,(H,20,23). The van der Waals surface area contributed by atoms with Gasteiger partial charge in [-0.1, -0.05) is 11.6 Å². The number of anilines is 1. The van der Waals surface area contributed by atoms with Crippen molar-refractivity contribution in [2.24, 2.45) is 0 Å². The number of rotatable bonds is 2. The van der Waals surface area contributed by atoms with E-state index in [0.29, 0.717) is 16.3 Å². The number of pyridine rings is 1. The molecular formula is C17H12ClFN6. The van der Waals surface area contributed by atoms with Crippen LogP contribution in [-0.4, -0.2) is 30.7 Å². The van der Waals surface area contributed by atoms with E-state index in [2.05, 4.69) is 20.4 Å². The van der Waals surface area contributed by atoms with Gasteiger partial charge >= 0.3 is 0 Å². The summed E-state index contributed by atoms with van der Waals surface area (Å²) in [6.45, 7) is 1.55. The minimum atomic E-state index is -0.357. The summed E-state index contributed by atoms with van der Waals surface area (Å²) in [4.78, 5) is 8.77. The highest BCUT2D eigenvalue weighted by Crippen LogP contribution is 2.38. The molecule has 6 nitrogen and oxygen atoms in total. The van der Waals surface area contributed by atoms with Crippen LogP contribution in [0, 0.1) is 5.82 Å². The van der Waals surface area contributed by atoms with E-state index in [0.717, 1.165) is 35.9 Å². The van der Waals surface area contributed by atoms with Gasteiger partial charge in [0, 0.05) is 35.4 Å². The molecule has 0 radical (unpaired) electrons. The first kappa shape index (κ1) is 14.4. The van der Waals surface area contributed by atoms with Crippen LogP contribution in [0.5, 0.6) is 0 Å². The minimum Gasteiger partial charge on any atom is -0.354 e. The van der Waals surface area contributed by atoms with E-state index in [-0.39, 0.29) is 5.82 Å². The smallest absolute Gasteiger partial charge is 0.204 e. The SMILES string of the molecule is Fc1ccc(Cl)cc1-c1nc2n(c1-c1ccc3ncnn3c1)CCN2. The minimum absolute atomic E-state index is 0.357. The number of aromatic nitrogens is 5. The number of hydrogen-bond donors (Lipinski definition) is 1. The van der Waals surface area contributed by atoms with Gasteiger partial charge in [0.2, 0.25) is 5.95 Å². The van der Waals surface area contributed by atoms with Gasteiger partial charge in [-0.3, -0.25) is 0 Å². The Kier molecular flexibility index (Phi) is 3.05. The van der Waals surface area contributed by atoms with Crippen LogP contribution in [0.25, 0.3) is 28.2 Å². The molecule has 0 atom stereocenters. The molecule has 25 heavy (non-hydrogen) atoms. The molecule has 1 aliphatic rings. The van der Waals surface area contributed by atoms with Crippen LogP contribution in [0.4, 0.5) is 10.3 Å². The third-order valence-electron chi connectivity index (χ3n) is 4.32. The molecule has 8 heteroatoms. The molecule has 5 rings (SSSR count). The van der Waals surface area contributed by atoms with Crippen LogP contribution in [0.3, 0.4) is 0 Å². The summed E-state index contributed by atoms with van der Waals surface area (Å²) < 4.78 is 18.2. The van der Waals surface area contributed by atoms with Crippen molar-refractivity contribution in [3.63, 3.8) is 0 Å². The second-order valence-corrected chi connectivity index (χ2v) is 6.25. The Bertz CT molecular complexity index is 1120. The number of benzene rings is 1. The lowest BCUT2D eigenvalue weighted by atomic mass is 10.1. The molecule has 0 spiro atoms. The van der Waals surface area contributed by atoms with Crippen LogP contribution in [-0.2, 0) is 6.54 Å². The van der Waals surface area contributed by atoms with Gasteiger partial charge in [-0.05, 0) is 30.3 Å². The summed E-state index contributed by atoms with van der Waals surface area (Å²) in [6.07, 6.45) is 3.37. The fraction of sp³-hybridized carbons (Fsp3) is 0.118. The summed E-state index contributed by atoms with van der Waals surface area (Å²) >= 11 is 6.08. The van der Waals surface area contributed by atoms with Gasteiger partial charge in [0.15, 0.2) is 5.65 Å². The number of nitrogens with zero attached hydrogens (tertiary/aromatic N) is 5. The molecule has 1 aliphatic heterocycles. The predicted octanol–water partition coefficient (Wildman–Crippen LogP) is 3.48. The summed E-state index contributed by atoms with van der Waals surface area (Å²) in [5.41, 5.74) is 3.40. The fourth-order valence-electron chi connectivity index (χ4n) is 3.20. The average molecular weight is 355 g/mol. The van der Waals surface area contributed by atoms with Crippen molar-refractivity contribution in [1.29, 1.82) is 0 Å². The molecule has 0 saturated heterocycles. The van der Waals surface area contributed by atoms with Crippen molar-refractivity contribution >= 4 is 23.2 Å². The van der Waals surface area contributed by atoms with E-state index in [1.165, 1.54) is 18.5 Å². The van der Waals surface area contributed by atoms with Crippen molar-refractivity contribution in [3.05, 3.63) is 53.7 Å². The van der Waals surface area contributed by atoms with Gasteiger partial charge < -0.3 is 9.88 Å². The van der Waals surface area contributed by atoms with Gasteiger partial charge in [-0.25, -0.2) is 18.9 Å². The Labute approximate surface area is 146 Å². The van der Waals surface area contributed by atoms with E-state index in [1.807, 2.05) is 22.9 Å². The molecular weight excluding hydrogens is 343 g/mol. The van der Waals surface area contributed by atoms with E-state index >= 15 is 0 Å². The van der Waals surface area contributed by atoms with E-state index in [1.54, 1.807) is 10.6 Å². The van der Waals surface area contributed by atoms with Crippen LogP contribution in [0.2, 0.25) is 5.02 Å². The van der Waals surface area contributed by atoms with Gasteiger partial charge in [0.1, 0.15) is 17.8 Å². The van der Waals surface area contributed by atoms with Crippen molar-refractivity contribution in [2.45, 2.75) is 6.54 Å². The highest BCUT2D eigenvalue weighted by atomic mass is 35.5. The quantitative estimate of drug-likeness (QED) is 0.598. The van der Waals surface area contributed by atoms with E-state index in [9.17, 15) is 4.39 Å². The average Bonchev–Trinajstić information content (AvgIpc) is 3.30. The van der Waals surface area contributed by atoms with Crippen molar-refractivity contribution in [1.82, 2.24) is 24.1 Å². The van der Waals surface area contributed by atoms with Gasteiger partial charge in [-0.15, -0.1) is 0 Å². The largest absolute Gasteiger partial charge is 0.354 e. The lowest BCUT2D eigenvalue weighted by Crippen LogP contribution is -2.00. The number of imidazole rings is 1. The second kappa shape index (κ2) is 5.29. The zero-order valence-corrected chi connectivity index (χ0v) is 13.7. The first-order chi connectivity index (χ1) is 12.2. The number of halogens is 2. The van der Waals surface area contributed by atoms with Gasteiger partial charge in [0.25, 0.3) is 0 Å². The second-order valence-electron chi connectivity index (χ2n) is 5.82. The number of nitrogens with one attached hydrogen (secondary N) is 1. The van der Waals surface area contributed by atoms with Crippen LogP contribution < -0.4 is 5.32 Å². The fourth-order valence-corrected chi connectivity index (χ4v) is 3.37. The molecule has 0 unspecified atom stereocenters. The predicted molar refractivity (Wildman–Crippen MR) is 93.1 cm³/mol. The lowest BCUT2D eigenvalue weighted by Gasteiger charge is -2.09. The maximum Gasteiger partial charge on any atom is 0.204 e. The Balaban J connectivity index is 1.79. The first-order valence-electron chi connectivity index (χ1n) is 7.80. The monoisotopic (exact) mass is 354 g/mol. The Morgan fingerprint density at radius 2 is 2.12 bits per heavy atom. The highest BCUT2D eigenvalue weighted by molar-refractivity contribution is 6.30. The molecule has 0 bridgehead atoms. The summed E-state index contributed by atoms with van der Waals surface area (Å²) in [5, 5.41) is 7.88. The topological polar surface area (TPSA) is 60.0 Å².